The lowest BCUT2D eigenvalue weighted by molar-refractivity contribution is -0.117. The van der Waals surface area contributed by atoms with E-state index < -0.39 is 12.1 Å². The number of hydrogen-bond acceptors (Lipinski definition) is 3. The first-order chi connectivity index (χ1) is 14.7. The zero-order valence-electron chi connectivity index (χ0n) is 17.0. The molecule has 1 amide bonds. The van der Waals surface area contributed by atoms with Crippen molar-refractivity contribution in [3.05, 3.63) is 62.1 Å². The molecule has 1 aliphatic carbocycles. The molecule has 1 fully saturated rings. The predicted molar refractivity (Wildman–Crippen MR) is 118 cm³/mol. The van der Waals surface area contributed by atoms with Crippen LogP contribution in [0.15, 0.2) is 28.7 Å². The fraction of sp³-hybridized carbons (Fsp3) is 0.381. The van der Waals surface area contributed by atoms with Gasteiger partial charge in [0.25, 0.3) is 6.43 Å². The van der Waals surface area contributed by atoms with Gasteiger partial charge in [0, 0.05) is 11.6 Å². The van der Waals surface area contributed by atoms with Crippen LogP contribution in [-0.4, -0.2) is 25.5 Å². The van der Waals surface area contributed by atoms with Crippen LogP contribution in [0.5, 0.6) is 0 Å². The Balaban J connectivity index is 1.48. The van der Waals surface area contributed by atoms with Crippen molar-refractivity contribution in [3.63, 3.8) is 0 Å². The highest BCUT2D eigenvalue weighted by Gasteiger charge is 2.34. The average molecular weight is 513 g/mol. The second kappa shape index (κ2) is 8.70. The summed E-state index contributed by atoms with van der Waals surface area (Å²) in [7, 11) is 0. The Bertz CT molecular complexity index is 1140. The molecule has 0 atom stereocenters. The fourth-order valence-corrected chi connectivity index (χ4v) is 4.22. The lowest BCUT2D eigenvalue weighted by Gasteiger charge is -2.10. The highest BCUT2D eigenvalue weighted by Crippen LogP contribution is 2.45. The maximum Gasteiger partial charge on any atom is 0.283 e. The summed E-state index contributed by atoms with van der Waals surface area (Å²) < 4.78 is 30.6. The van der Waals surface area contributed by atoms with Crippen LogP contribution in [0.25, 0.3) is 0 Å². The van der Waals surface area contributed by atoms with E-state index in [1.807, 2.05) is 36.7 Å². The number of aryl methyl sites for hydroxylation is 1. The number of hydrogen-bond donors (Lipinski definition) is 1. The average Bonchev–Trinajstić information content (AvgIpc) is 3.45. The molecule has 0 bridgehead atoms. The molecule has 10 heteroatoms. The van der Waals surface area contributed by atoms with Gasteiger partial charge in [-0.3, -0.25) is 14.2 Å². The zero-order valence-corrected chi connectivity index (χ0v) is 19.3. The molecule has 0 spiro atoms. The number of nitrogens with one attached hydrogen (secondary N) is 1. The van der Waals surface area contributed by atoms with E-state index in [1.165, 1.54) is 4.68 Å². The van der Waals surface area contributed by atoms with Crippen LogP contribution in [0.4, 0.5) is 14.5 Å². The highest BCUT2D eigenvalue weighted by atomic mass is 79.9. The Kier molecular flexibility index (Phi) is 6.16. The summed E-state index contributed by atoms with van der Waals surface area (Å²) in [6.07, 6.45) is -1.05. The van der Waals surface area contributed by atoms with Crippen molar-refractivity contribution < 1.29 is 13.6 Å². The minimum atomic E-state index is -2.78. The molecule has 1 saturated carbocycles. The minimum absolute atomic E-state index is 0.0247. The molecule has 2 heterocycles. The molecule has 164 valence electrons. The summed E-state index contributed by atoms with van der Waals surface area (Å²) in [6.45, 7) is 4.30. The monoisotopic (exact) mass is 511 g/mol. The third-order valence-corrected chi connectivity index (χ3v) is 6.79. The van der Waals surface area contributed by atoms with Crippen LogP contribution in [-0.2, 0) is 17.9 Å². The largest absolute Gasteiger partial charge is 0.324 e. The third-order valence-electron chi connectivity index (χ3n) is 5.26. The van der Waals surface area contributed by atoms with Gasteiger partial charge in [0.1, 0.15) is 12.2 Å². The van der Waals surface area contributed by atoms with Gasteiger partial charge in [0.2, 0.25) is 5.91 Å². The van der Waals surface area contributed by atoms with E-state index in [0.717, 1.165) is 34.3 Å². The van der Waals surface area contributed by atoms with Crippen molar-refractivity contribution in [2.75, 3.05) is 5.32 Å². The van der Waals surface area contributed by atoms with Crippen LogP contribution < -0.4 is 5.32 Å². The van der Waals surface area contributed by atoms with Gasteiger partial charge in [-0.2, -0.15) is 10.2 Å². The molecular weight excluding hydrogens is 492 g/mol. The van der Waals surface area contributed by atoms with Gasteiger partial charge in [-0.05, 0) is 60.3 Å². The molecule has 0 unspecified atom stereocenters. The molecule has 0 radical (unpaired) electrons. The van der Waals surface area contributed by atoms with Crippen LogP contribution in [0.1, 0.15) is 53.5 Å². The number of amides is 1. The molecule has 1 aromatic carbocycles. The molecule has 0 aliphatic heterocycles. The number of halogens is 4. The van der Waals surface area contributed by atoms with Gasteiger partial charge in [0.05, 0.1) is 33.1 Å². The standard InChI is InChI=1S/C21H21BrClF2N5O/c1-11-17(22)12(2)29(27-11)9-13-4-3-5-15(8-13)26-16(31)10-30-20(14-6-7-14)18(23)19(28-30)21(24)25/h3-5,8,14,21H,6-7,9-10H2,1-2H3,(H,26,31). The number of carbonyl (C=O) groups is 1. The quantitative estimate of drug-likeness (QED) is 0.447. The van der Waals surface area contributed by atoms with Crippen molar-refractivity contribution in [2.24, 2.45) is 0 Å². The summed E-state index contributed by atoms with van der Waals surface area (Å²) in [6, 6.07) is 7.44. The second-order valence-corrected chi connectivity index (χ2v) is 8.88. The molecule has 31 heavy (non-hydrogen) atoms. The Morgan fingerprint density at radius 3 is 2.65 bits per heavy atom. The number of alkyl halides is 2. The van der Waals surface area contributed by atoms with Crippen LogP contribution >= 0.6 is 27.5 Å². The molecule has 3 aromatic rings. The van der Waals surface area contributed by atoms with Gasteiger partial charge in [0.15, 0.2) is 0 Å². The van der Waals surface area contributed by atoms with E-state index in [0.29, 0.717) is 17.9 Å². The second-order valence-electron chi connectivity index (χ2n) is 7.71. The minimum Gasteiger partial charge on any atom is -0.324 e. The summed E-state index contributed by atoms with van der Waals surface area (Å²) in [5.74, 6) is -0.267. The summed E-state index contributed by atoms with van der Waals surface area (Å²) in [5.41, 5.74) is 3.57. The smallest absolute Gasteiger partial charge is 0.283 e. The Hall–Kier alpha value is -2.26. The molecule has 1 N–H and O–H groups in total. The number of benzene rings is 1. The van der Waals surface area contributed by atoms with Crippen LogP contribution in [0.3, 0.4) is 0 Å². The maximum absolute atomic E-state index is 13.2. The molecule has 0 saturated heterocycles. The van der Waals surface area contributed by atoms with E-state index in [1.54, 1.807) is 6.07 Å². The van der Waals surface area contributed by atoms with Crippen molar-refractivity contribution >= 4 is 39.1 Å². The molecular formula is C21H21BrClF2N5O. The van der Waals surface area contributed by atoms with E-state index in [9.17, 15) is 13.6 Å². The van der Waals surface area contributed by atoms with Gasteiger partial charge in [-0.25, -0.2) is 8.78 Å². The van der Waals surface area contributed by atoms with E-state index in [-0.39, 0.29) is 23.4 Å². The summed E-state index contributed by atoms with van der Waals surface area (Å²) >= 11 is 9.64. The van der Waals surface area contributed by atoms with Crippen LogP contribution in [0, 0.1) is 13.8 Å². The van der Waals surface area contributed by atoms with Crippen molar-refractivity contribution in [1.29, 1.82) is 0 Å². The van der Waals surface area contributed by atoms with E-state index in [2.05, 4.69) is 31.4 Å². The van der Waals surface area contributed by atoms with Gasteiger partial charge >= 0.3 is 0 Å². The number of nitrogens with zero attached hydrogens (tertiary/aromatic N) is 4. The van der Waals surface area contributed by atoms with Crippen LogP contribution in [0.2, 0.25) is 5.02 Å². The summed E-state index contributed by atoms with van der Waals surface area (Å²) in [5, 5.41) is 11.2. The fourth-order valence-electron chi connectivity index (χ4n) is 3.56. The lowest BCUT2D eigenvalue weighted by Crippen LogP contribution is -2.21. The number of rotatable bonds is 7. The number of anilines is 1. The zero-order chi connectivity index (χ0) is 22.3. The Morgan fingerprint density at radius 1 is 1.29 bits per heavy atom. The Labute approximate surface area is 191 Å². The SMILES string of the molecule is Cc1nn(Cc2cccc(NC(=O)Cn3nc(C(F)F)c(Cl)c3C3CC3)c2)c(C)c1Br. The first-order valence-corrected chi connectivity index (χ1v) is 11.0. The lowest BCUT2D eigenvalue weighted by atomic mass is 10.2. The van der Waals surface area contributed by atoms with E-state index >= 15 is 0 Å². The van der Waals surface area contributed by atoms with Crippen molar-refractivity contribution in [1.82, 2.24) is 19.6 Å². The molecule has 1 aliphatic rings. The predicted octanol–water partition coefficient (Wildman–Crippen LogP) is 5.61. The molecule has 6 nitrogen and oxygen atoms in total. The van der Waals surface area contributed by atoms with Gasteiger partial charge in [-0.15, -0.1) is 0 Å². The number of carbonyl (C=O) groups excluding carboxylic acids is 1. The molecule has 4 rings (SSSR count). The highest BCUT2D eigenvalue weighted by molar-refractivity contribution is 9.10. The van der Waals surface area contributed by atoms with E-state index in [4.69, 9.17) is 11.6 Å². The Morgan fingerprint density at radius 2 is 2.03 bits per heavy atom. The summed E-state index contributed by atoms with van der Waals surface area (Å²) in [4.78, 5) is 12.6. The van der Waals surface area contributed by atoms with Crippen molar-refractivity contribution in [2.45, 2.75) is 52.1 Å². The number of aromatic nitrogens is 4. The first kappa shape index (κ1) is 22.0. The topological polar surface area (TPSA) is 64.7 Å². The van der Waals surface area contributed by atoms with Crippen molar-refractivity contribution in [3.8, 4) is 0 Å². The third kappa shape index (κ3) is 4.67. The normalized spacial score (nSPS) is 13.8. The van der Waals surface area contributed by atoms with Gasteiger partial charge < -0.3 is 5.32 Å². The molecule has 2 aromatic heterocycles. The van der Waals surface area contributed by atoms with Gasteiger partial charge in [-0.1, -0.05) is 23.7 Å². The maximum atomic E-state index is 13.2. The first-order valence-electron chi connectivity index (χ1n) is 9.87.